The van der Waals surface area contributed by atoms with Crippen molar-refractivity contribution >= 4 is 11.7 Å². The molecule has 1 aromatic rings. The fourth-order valence-electron chi connectivity index (χ4n) is 1.33. The van der Waals surface area contributed by atoms with E-state index in [9.17, 15) is 9.18 Å². The largest absolute Gasteiger partial charge is 0.478 e. The Bertz CT molecular complexity index is 407. The number of benzene rings is 1. The second-order valence-corrected chi connectivity index (χ2v) is 4.16. The standard InChI is InChI=1S/C12H17FN2O2/c1-8(15(2)3)7-14-10-6-4-5-9(13)11(10)12(16)17/h4-6,8,14H,7H2,1-3H3,(H,16,17). The monoisotopic (exact) mass is 240 g/mol. The van der Waals surface area contributed by atoms with Gasteiger partial charge in [0.15, 0.2) is 0 Å². The SMILES string of the molecule is CC(CNc1cccc(F)c1C(=O)O)N(C)C. The fourth-order valence-corrected chi connectivity index (χ4v) is 1.33. The molecular formula is C12H17FN2O2. The smallest absolute Gasteiger partial charge is 0.340 e. The van der Waals surface area contributed by atoms with Gasteiger partial charge in [-0.15, -0.1) is 0 Å². The van der Waals surface area contributed by atoms with Crippen LogP contribution in [0.5, 0.6) is 0 Å². The molecule has 94 valence electrons. The topological polar surface area (TPSA) is 52.6 Å². The Morgan fingerprint density at radius 1 is 1.53 bits per heavy atom. The maximum Gasteiger partial charge on any atom is 0.340 e. The zero-order valence-corrected chi connectivity index (χ0v) is 10.2. The lowest BCUT2D eigenvalue weighted by Crippen LogP contribution is -2.31. The van der Waals surface area contributed by atoms with E-state index in [0.29, 0.717) is 12.2 Å². The Labute approximate surface area is 100 Å². The van der Waals surface area contributed by atoms with Crippen LogP contribution in [-0.2, 0) is 0 Å². The van der Waals surface area contributed by atoms with Crippen molar-refractivity contribution in [3.63, 3.8) is 0 Å². The van der Waals surface area contributed by atoms with E-state index < -0.39 is 11.8 Å². The number of carbonyl (C=O) groups is 1. The van der Waals surface area contributed by atoms with Gasteiger partial charge in [0.25, 0.3) is 0 Å². The summed E-state index contributed by atoms with van der Waals surface area (Å²) in [7, 11) is 3.85. The van der Waals surface area contributed by atoms with Crippen LogP contribution >= 0.6 is 0 Å². The average molecular weight is 240 g/mol. The molecule has 0 fully saturated rings. The van der Waals surface area contributed by atoms with Crippen molar-refractivity contribution < 1.29 is 14.3 Å². The summed E-state index contributed by atoms with van der Waals surface area (Å²) in [5.74, 6) is -1.98. The van der Waals surface area contributed by atoms with Crippen LogP contribution in [0, 0.1) is 5.82 Å². The molecule has 4 nitrogen and oxygen atoms in total. The number of rotatable bonds is 5. The number of hydrogen-bond donors (Lipinski definition) is 2. The molecule has 1 rings (SSSR count). The highest BCUT2D eigenvalue weighted by Crippen LogP contribution is 2.18. The first-order valence-corrected chi connectivity index (χ1v) is 5.35. The van der Waals surface area contributed by atoms with E-state index in [0.717, 1.165) is 6.07 Å². The minimum atomic E-state index is -1.26. The Hall–Kier alpha value is -1.62. The molecule has 0 aliphatic heterocycles. The van der Waals surface area contributed by atoms with Crippen LogP contribution in [0.15, 0.2) is 18.2 Å². The molecule has 0 aliphatic rings. The number of nitrogens with one attached hydrogen (secondary N) is 1. The van der Waals surface area contributed by atoms with Gasteiger partial charge < -0.3 is 15.3 Å². The van der Waals surface area contributed by atoms with Crippen LogP contribution in [-0.4, -0.2) is 42.7 Å². The number of carboxylic acids is 1. The molecule has 0 aromatic heterocycles. The third-order valence-electron chi connectivity index (χ3n) is 2.70. The molecule has 0 aliphatic carbocycles. The van der Waals surface area contributed by atoms with Gasteiger partial charge in [0.05, 0.1) is 5.69 Å². The van der Waals surface area contributed by atoms with E-state index in [2.05, 4.69) is 5.32 Å². The van der Waals surface area contributed by atoms with Gasteiger partial charge in [-0.1, -0.05) is 6.07 Å². The Kier molecular flexibility index (Phi) is 4.45. The van der Waals surface area contributed by atoms with E-state index >= 15 is 0 Å². The third kappa shape index (κ3) is 3.42. The summed E-state index contributed by atoms with van der Waals surface area (Å²) in [5.41, 5.74) is 0.00431. The number of halogens is 1. The van der Waals surface area contributed by atoms with E-state index in [4.69, 9.17) is 5.11 Å². The van der Waals surface area contributed by atoms with E-state index in [1.807, 2.05) is 25.9 Å². The van der Waals surface area contributed by atoms with Crippen LogP contribution in [0.3, 0.4) is 0 Å². The van der Waals surface area contributed by atoms with Gasteiger partial charge in [-0.25, -0.2) is 9.18 Å². The molecule has 0 heterocycles. The summed E-state index contributed by atoms with van der Waals surface area (Å²) in [6, 6.07) is 4.42. The quantitative estimate of drug-likeness (QED) is 0.825. The number of likely N-dealkylation sites (N-methyl/N-ethyl adjacent to an activating group) is 1. The first-order valence-electron chi connectivity index (χ1n) is 5.35. The number of nitrogens with zero attached hydrogens (tertiary/aromatic N) is 1. The van der Waals surface area contributed by atoms with Gasteiger partial charge >= 0.3 is 5.97 Å². The van der Waals surface area contributed by atoms with Gasteiger partial charge in [-0.2, -0.15) is 0 Å². The molecule has 0 radical (unpaired) electrons. The summed E-state index contributed by atoms with van der Waals surface area (Å²) >= 11 is 0. The molecule has 5 heteroatoms. The van der Waals surface area contributed by atoms with Gasteiger partial charge in [0.1, 0.15) is 11.4 Å². The average Bonchev–Trinajstić information content (AvgIpc) is 2.24. The molecule has 0 amide bonds. The molecule has 1 aromatic carbocycles. The molecule has 1 unspecified atom stereocenters. The lowest BCUT2D eigenvalue weighted by atomic mass is 10.1. The predicted octanol–water partition coefficient (Wildman–Crippen LogP) is 1.89. The summed E-state index contributed by atoms with van der Waals surface area (Å²) in [4.78, 5) is 12.9. The minimum absolute atomic E-state index is 0.222. The molecule has 17 heavy (non-hydrogen) atoms. The van der Waals surface area contributed by atoms with Crippen molar-refractivity contribution in [3.05, 3.63) is 29.6 Å². The van der Waals surface area contributed by atoms with Crippen LogP contribution < -0.4 is 5.32 Å². The van der Waals surface area contributed by atoms with E-state index in [-0.39, 0.29) is 11.6 Å². The second-order valence-electron chi connectivity index (χ2n) is 4.16. The molecular weight excluding hydrogens is 223 g/mol. The van der Waals surface area contributed by atoms with Gasteiger partial charge in [-0.3, -0.25) is 0 Å². The van der Waals surface area contributed by atoms with Crippen molar-refractivity contribution in [2.45, 2.75) is 13.0 Å². The molecule has 0 saturated carbocycles. The maximum atomic E-state index is 13.4. The van der Waals surface area contributed by atoms with Crippen molar-refractivity contribution in [2.24, 2.45) is 0 Å². The summed E-state index contributed by atoms with van der Waals surface area (Å²) in [5, 5.41) is 11.9. The number of hydrogen-bond acceptors (Lipinski definition) is 3. The first kappa shape index (κ1) is 13.4. The summed E-state index contributed by atoms with van der Waals surface area (Å²) < 4.78 is 13.4. The molecule has 0 saturated heterocycles. The minimum Gasteiger partial charge on any atom is -0.478 e. The van der Waals surface area contributed by atoms with Crippen LogP contribution in [0.1, 0.15) is 17.3 Å². The Morgan fingerprint density at radius 3 is 2.71 bits per heavy atom. The van der Waals surface area contributed by atoms with Crippen LogP contribution in [0.25, 0.3) is 0 Å². The van der Waals surface area contributed by atoms with Gasteiger partial charge in [0, 0.05) is 12.6 Å². The lowest BCUT2D eigenvalue weighted by Gasteiger charge is -2.21. The highest BCUT2D eigenvalue weighted by molar-refractivity contribution is 5.94. The fraction of sp³-hybridized carbons (Fsp3) is 0.417. The third-order valence-corrected chi connectivity index (χ3v) is 2.70. The number of carboxylic acid groups (broad SMARTS) is 1. The number of aromatic carboxylic acids is 1. The zero-order chi connectivity index (χ0) is 13.0. The van der Waals surface area contributed by atoms with Crippen molar-refractivity contribution in [3.8, 4) is 0 Å². The second kappa shape index (κ2) is 5.63. The molecule has 0 spiro atoms. The molecule has 1 atom stereocenters. The number of anilines is 1. The summed E-state index contributed by atoms with van der Waals surface area (Å²) in [6.07, 6.45) is 0. The molecule has 2 N–H and O–H groups in total. The Balaban J connectivity index is 2.84. The highest BCUT2D eigenvalue weighted by Gasteiger charge is 2.16. The Morgan fingerprint density at radius 2 is 2.18 bits per heavy atom. The lowest BCUT2D eigenvalue weighted by molar-refractivity contribution is 0.0693. The van der Waals surface area contributed by atoms with Crippen molar-refractivity contribution in [1.29, 1.82) is 0 Å². The zero-order valence-electron chi connectivity index (χ0n) is 10.2. The molecule has 0 bridgehead atoms. The van der Waals surface area contributed by atoms with Crippen molar-refractivity contribution in [2.75, 3.05) is 26.0 Å². The first-order chi connectivity index (χ1) is 7.93. The van der Waals surface area contributed by atoms with Gasteiger partial charge in [0.2, 0.25) is 0 Å². The highest BCUT2D eigenvalue weighted by atomic mass is 19.1. The van der Waals surface area contributed by atoms with Crippen LogP contribution in [0.4, 0.5) is 10.1 Å². The normalized spacial score (nSPS) is 12.5. The maximum absolute atomic E-state index is 13.4. The summed E-state index contributed by atoms with van der Waals surface area (Å²) in [6.45, 7) is 2.55. The van der Waals surface area contributed by atoms with Crippen molar-refractivity contribution in [1.82, 2.24) is 4.90 Å². The van der Waals surface area contributed by atoms with E-state index in [1.165, 1.54) is 6.07 Å². The predicted molar refractivity (Wildman–Crippen MR) is 65.0 cm³/mol. The van der Waals surface area contributed by atoms with Crippen LogP contribution in [0.2, 0.25) is 0 Å². The van der Waals surface area contributed by atoms with E-state index in [1.54, 1.807) is 6.07 Å². The van der Waals surface area contributed by atoms with Gasteiger partial charge in [-0.05, 0) is 33.2 Å².